The van der Waals surface area contributed by atoms with Crippen LogP contribution >= 0.6 is 11.3 Å². The molecule has 0 spiro atoms. The zero-order chi connectivity index (χ0) is 14.9. The van der Waals surface area contributed by atoms with E-state index in [1.807, 2.05) is 27.7 Å². The van der Waals surface area contributed by atoms with Crippen LogP contribution in [0.5, 0.6) is 5.75 Å². The molecule has 20 heavy (non-hydrogen) atoms. The van der Waals surface area contributed by atoms with Crippen LogP contribution in [0, 0.1) is 13.8 Å². The van der Waals surface area contributed by atoms with Crippen LogP contribution < -0.4 is 4.74 Å². The van der Waals surface area contributed by atoms with Gasteiger partial charge in [-0.1, -0.05) is 13.8 Å². The van der Waals surface area contributed by atoms with E-state index in [0.29, 0.717) is 11.6 Å². The van der Waals surface area contributed by atoms with Gasteiger partial charge in [-0.25, -0.2) is 9.78 Å². The minimum absolute atomic E-state index is 0.128. The molecule has 2 aromatic rings. The molecule has 0 radical (unpaired) electrons. The quantitative estimate of drug-likeness (QED) is 0.909. The highest BCUT2D eigenvalue weighted by molar-refractivity contribution is 7.14. The van der Waals surface area contributed by atoms with Gasteiger partial charge in [-0.3, -0.25) is 0 Å². The summed E-state index contributed by atoms with van der Waals surface area (Å²) < 4.78 is 11.0. The van der Waals surface area contributed by atoms with E-state index >= 15 is 0 Å². The van der Waals surface area contributed by atoms with Crippen LogP contribution in [-0.4, -0.2) is 16.1 Å². The number of ether oxygens (including phenoxy) is 1. The van der Waals surface area contributed by atoms with E-state index in [1.54, 1.807) is 6.07 Å². The zero-order valence-corrected chi connectivity index (χ0v) is 12.7. The summed E-state index contributed by atoms with van der Waals surface area (Å²) in [5.41, 5.74) is 0.815. The predicted octanol–water partition coefficient (Wildman–Crippen LogP) is 3.75. The van der Waals surface area contributed by atoms with Crippen molar-refractivity contribution in [2.45, 2.75) is 40.2 Å². The Hall–Kier alpha value is -1.82. The third kappa shape index (κ3) is 3.01. The molecule has 0 bridgehead atoms. The molecule has 6 heteroatoms. The van der Waals surface area contributed by atoms with Gasteiger partial charge in [-0.15, -0.1) is 11.3 Å². The molecule has 2 aromatic heterocycles. The Bertz CT molecular complexity index is 608. The number of hydrogen-bond acceptors (Lipinski definition) is 5. The third-order valence-corrected chi connectivity index (χ3v) is 4.31. The van der Waals surface area contributed by atoms with Crippen molar-refractivity contribution in [3.8, 4) is 5.75 Å². The van der Waals surface area contributed by atoms with E-state index in [0.717, 1.165) is 16.3 Å². The van der Waals surface area contributed by atoms with E-state index in [1.165, 1.54) is 11.3 Å². The fourth-order valence-corrected chi connectivity index (χ4v) is 2.62. The van der Waals surface area contributed by atoms with Gasteiger partial charge < -0.3 is 14.3 Å². The molecule has 2 rings (SSSR count). The lowest BCUT2D eigenvalue weighted by Gasteiger charge is -2.02. The van der Waals surface area contributed by atoms with Crippen molar-refractivity contribution in [2.75, 3.05) is 0 Å². The standard InChI is InChI=1S/C14H17NO4S/c1-7(2)11-5-10(13(20-11)14(16)17)18-6-12-15-8(3)9(4)19-12/h5,7H,6H2,1-4H3,(H,16,17). The molecule has 0 saturated heterocycles. The maximum absolute atomic E-state index is 11.2. The number of aromatic carboxylic acids is 1. The summed E-state index contributed by atoms with van der Waals surface area (Å²) in [5, 5.41) is 9.20. The van der Waals surface area contributed by atoms with Gasteiger partial charge in [0.2, 0.25) is 5.89 Å². The van der Waals surface area contributed by atoms with E-state index in [2.05, 4.69) is 4.98 Å². The zero-order valence-electron chi connectivity index (χ0n) is 11.9. The van der Waals surface area contributed by atoms with Gasteiger partial charge in [-0.05, 0) is 25.8 Å². The Labute approximate surface area is 121 Å². The Balaban J connectivity index is 2.17. The van der Waals surface area contributed by atoms with Crippen molar-refractivity contribution in [3.05, 3.63) is 33.2 Å². The topological polar surface area (TPSA) is 72.6 Å². The highest BCUT2D eigenvalue weighted by Gasteiger charge is 2.19. The number of carbonyl (C=O) groups is 1. The van der Waals surface area contributed by atoms with Crippen molar-refractivity contribution in [2.24, 2.45) is 0 Å². The first-order valence-corrected chi connectivity index (χ1v) is 7.13. The maximum atomic E-state index is 11.2. The molecule has 0 atom stereocenters. The van der Waals surface area contributed by atoms with Gasteiger partial charge in [0.05, 0.1) is 5.69 Å². The number of thiophene rings is 1. The lowest BCUT2D eigenvalue weighted by molar-refractivity contribution is 0.0697. The first kappa shape index (κ1) is 14.6. The molecule has 0 aliphatic rings. The van der Waals surface area contributed by atoms with Gasteiger partial charge >= 0.3 is 5.97 Å². The average molecular weight is 295 g/mol. The number of oxazole rings is 1. The number of rotatable bonds is 5. The Morgan fingerprint density at radius 2 is 2.20 bits per heavy atom. The lowest BCUT2D eigenvalue weighted by Crippen LogP contribution is -2.00. The second-order valence-electron chi connectivity index (χ2n) is 4.84. The summed E-state index contributed by atoms with van der Waals surface area (Å²) in [7, 11) is 0. The summed E-state index contributed by atoms with van der Waals surface area (Å²) in [6, 6.07) is 1.78. The van der Waals surface area contributed by atoms with Gasteiger partial charge in [-0.2, -0.15) is 0 Å². The Morgan fingerprint density at radius 1 is 1.50 bits per heavy atom. The smallest absolute Gasteiger partial charge is 0.349 e. The summed E-state index contributed by atoms with van der Waals surface area (Å²) >= 11 is 1.24. The number of carboxylic acids is 1. The molecule has 0 unspecified atom stereocenters. The maximum Gasteiger partial charge on any atom is 0.349 e. The van der Waals surface area contributed by atoms with Crippen molar-refractivity contribution in [1.82, 2.24) is 4.98 Å². The average Bonchev–Trinajstić information content (AvgIpc) is 2.91. The molecule has 108 valence electrons. The van der Waals surface area contributed by atoms with E-state index in [9.17, 15) is 9.90 Å². The second kappa shape index (κ2) is 5.66. The Morgan fingerprint density at radius 3 is 2.70 bits per heavy atom. The highest BCUT2D eigenvalue weighted by Crippen LogP contribution is 2.34. The third-order valence-electron chi connectivity index (χ3n) is 2.90. The molecular weight excluding hydrogens is 278 g/mol. The van der Waals surface area contributed by atoms with Gasteiger partial charge in [0.15, 0.2) is 11.5 Å². The van der Waals surface area contributed by atoms with Crippen LogP contribution in [0.25, 0.3) is 0 Å². The van der Waals surface area contributed by atoms with E-state index < -0.39 is 5.97 Å². The fourth-order valence-electron chi connectivity index (χ4n) is 1.67. The van der Waals surface area contributed by atoms with Crippen molar-refractivity contribution < 1.29 is 19.1 Å². The monoisotopic (exact) mass is 295 g/mol. The number of nitrogens with zero attached hydrogens (tertiary/aromatic N) is 1. The highest BCUT2D eigenvalue weighted by atomic mass is 32.1. The summed E-state index contributed by atoms with van der Waals surface area (Å²) in [6.45, 7) is 7.84. The minimum Gasteiger partial charge on any atom is -0.482 e. The molecule has 0 aliphatic heterocycles. The first-order chi connectivity index (χ1) is 9.38. The van der Waals surface area contributed by atoms with Crippen LogP contribution in [-0.2, 0) is 6.61 Å². The minimum atomic E-state index is -0.975. The van der Waals surface area contributed by atoms with E-state index in [-0.39, 0.29) is 17.4 Å². The normalized spacial score (nSPS) is 11.1. The summed E-state index contributed by atoms with van der Waals surface area (Å²) in [4.78, 5) is 16.6. The van der Waals surface area contributed by atoms with Gasteiger partial charge in [0.25, 0.3) is 0 Å². The molecular formula is C14H17NO4S. The van der Waals surface area contributed by atoms with Crippen LogP contribution in [0.2, 0.25) is 0 Å². The molecule has 1 N–H and O–H groups in total. The predicted molar refractivity (Wildman–Crippen MR) is 75.7 cm³/mol. The Kier molecular flexibility index (Phi) is 4.13. The molecule has 0 amide bonds. The van der Waals surface area contributed by atoms with Crippen molar-refractivity contribution in [1.29, 1.82) is 0 Å². The van der Waals surface area contributed by atoms with Crippen LogP contribution in [0.4, 0.5) is 0 Å². The van der Waals surface area contributed by atoms with Crippen LogP contribution in [0.3, 0.4) is 0 Å². The van der Waals surface area contributed by atoms with Crippen LogP contribution in [0.15, 0.2) is 10.5 Å². The molecule has 2 heterocycles. The van der Waals surface area contributed by atoms with Gasteiger partial charge in [0, 0.05) is 4.88 Å². The first-order valence-electron chi connectivity index (χ1n) is 6.31. The summed E-state index contributed by atoms with van der Waals surface area (Å²) in [5.74, 6) is 0.863. The van der Waals surface area contributed by atoms with E-state index in [4.69, 9.17) is 9.15 Å². The number of aromatic nitrogens is 1. The molecule has 0 aromatic carbocycles. The molecule has 5 nitrogen and oxygen atoms in total. The SMILES string of the molecule is Cc1nc(COc2cc(C(C)C)sc2C(=O)O)oc1C. The largest absolute Gasteiger partial charge is 0.482 e. The number of hydrogen-bond donors (Lipinski definition) is 1. The van der Waals surface area contributed by atoms with Gasteiger partial charge in [0.1, 0.15) is 11.5 Å². The lowest BCUT2D eigenvalue weighted by atomic mass is 10.2. The van der Waals surface area contributed by atoms with Crippen molar-refractivity contribution >= 4 is 17.3 Å². The fraction of sp³-hybridized carbons (Fsp3) is 0.429. The number of carboxylic acid groups (broad SMARTS) is 1. The summed E-state index contributed by atoms with van der Waals surface area (Å²) in [6.07, 6.45) is 0. The molecule has 0 aliphatic carbocycles. The van der Waals surface area contributed by atoms with Crippen molar-refractivity contribution in [3.63, 3.8) is 0 Å². The number of aryl methyl sites for hydroxylation is 2. The molecule has 0 saturated carbocycles. The van der Waals surface area contributed by atoms with Crippen LogP contribution in [0.1, 0.15) is 51.7 Å². The second-order valence-corrected chi connectivity index (χ2v) is 5.92. The molecule has 0 fully saturated rings.